The molecule has 0 aliphatic carbocycles. The number of carbonyl (C=O) groups is 2. The fourth-order valence-corrected chi connectivity index (χ4v) is 3.16. The maximum Gasteiger partial charge on any atom is 0.251 e. The van der Waals surface area contributed by atoms with Crippen LogP contribution in [0.5, 0.6) is 0 Å². The first-order chi connectivity index (χ1) is 11.9. The number of piperazine rings is 1. The van der Waals surface area contributed by atoms with Crippen LogP contribution in [-0.4, -0.2) is 59.0 Å². The first kappa shape index (κ1) is 19.4. The van der Waals surface area contributed by atoms with Gasteiger partial charge in [0.15, 0.2) is 0 Å². The molecule has 0 aromatic heterocycles. The van der Waals surface area contributed by atoms with Gasteiger partial charge < -0.3 is 14.9 Å². The van der Waals surface area contributed by atoms with E-state index in [9.17, 15) is 14.7 Å². The highest BCUT2D eigenvalue weighted by Gasteiger charge is 2.25. The van der Waals surface area contributed by atoms with E-state index in [0.717, 1.165) is 12.8 Å². The molecule has 1 unspecified atom stereocenters. The Morgan fingerprint density at radius 2 is 1.48 bits per heavy atom. The molecule has 1 aromatic carbocycles. The molecule has 138 valence electrons. The second-order valence-corrected chi connectivity index (χ2v) is 7.30. The van der Waals surface area contributed by atoms with Crippen molar-refractivity contribution in [2.24, 2.45) is 5.92 Å². The maximum atomic E-state index is 12.4. The highest BCUT2D eigenvalue weighted by atomic mass is 16.3. The third-order valence-corrected chi connectivity index (χ3v) is 4.60. The van der Waals surface area contributed by atoms with Crippen molar-refractivity contribution in [3.8, 4) is 0 Å². The van der Waals surface area contributed by atoms with Gasteiger partial charge in [-0.25, -0.2) is 0 Å². The molecule has 5 nitrogen and oxygen atoms in total. The Morgan fingerprint density at radius 3 is 2.00 bits per heavy atom. The fourth-order valence-electron chi connectivity index (χ4n) is 3.16. The molecule has 1 aromatic rings. The first-order valence-corrected chi connectivity index (χ1v) is 9.19. The van der Waals surface area contributed by atoms with Crippen LogP contribution in [0.2, 0.25) is 0 Å². The summed E-state index contributed by atoms with van der Waals surface area (Å²) >= 11 is 0. The minimum absolute atomic E-state index is 0.135. The van der Waals surface area contributed by atoms with Crippen molar-refractivity contribution in [2.75, 3.05) is 26.2 Å². The molecule has 1 aliphatic heterocycles. The van der Waals surface area contributed by atoms with Crippen molar-refractivity contribution in [1.82, 2.24) is 9.80 Å². The lowest BCUT2D eigenvalue weighted by atomic mass is 10.0. The Bertz CT molecular complexity index is 573. The molecule has 1 fully saturated rings. The lowest BCUT2D eigenvalue weighted by Gasteiger charge is -2.35. The Kier molecular flexibility index (Phi) is 7.00. The Balaban J connectivity index is 1.76. The molecular formula is C20H30N2O3. The molecule has 0 saturated carbocycles. The third-order valence-electron chi connectivity index (χ3n) is 4.60. The SMILES string of the molecule is CC(C)Cc1ccc(CCC(=O)N2CCN(C(=O)C(C)O)CC2)cc1. The lowest BCUT2D eigenvalue weighted by Crippen LogP contribution is -2.52. The zero-order chi connectivity index (χ0) is 18.4. The average Bonchev–Trinajstić information content (AvgIpc) is 2.59. The minimum atomic E-state index is -0.971. The molecule has 1 aliphatic rings. The second kappa shape index (κ2) is 8.99. The van der Waals surface area contributed by atoms with Crippen molar-refractivity contribution in [2.45, 2.75) is 46.1 Å². The predicted octanol–water partition coefficient (Wildman–Crippen LogP) is 1.87. The summed E-state index contributed by atoms with van der Waals surface area (Å²) in [7, 11) is 0. The molecule has 2 rings (SSSR count). The quantitative estimate of drug-likeness (QED) is 0.855. The molecule has 5 heteroatoms. The van der Waals surface area contributed by atoms with Crippen LogP contribution in [0.25, 0.3) is 0 Å². The van der Waals surface area contributed by atoms with Crippen LogP contribution < -0.4 is 0 Å². The summed E-state index contributed by atoms with van der Waals surface area (Å²) in [6.45, 7) is 7.99. The van der Waals surface area contributed by atoms with Gasteiger partial charge in [0.1, 0.15) is 6.10 Å². The monoisotopic (exact) mass is 346 g/mol. The van der Waals surface area contributed by atoms with E-state index in [1.807, 2.05) is 4.90 Å². The van der Waals surface area contributed by atoms with E-state index >= 15 is 0 Å². The summed E-state index contributed by atoms with van der Waals surface area (Å²) < 4.78 is 0. The van der Waals surface area contributed by atoms with Gasteiger partial charge in [-0.2, -0.15) is 0 Å². The molecule has 0 bridgehead atoms. The topological polar surface area (TPSA) is 60.9 Å². The van der Waals surface area contributed by atoms with E-state index in [4.69, 9.17) is 0 Å². The second-order valence-electron chi connectivity index (χ2n) is 7.30. The predicted molar refractivity (Wildman–Crippen MR) is 98.1 cm³/mol. The van der Waals surface area contributed by atoms with E-state index in [0.29, 0.717) is 38.5 Å². The van der Waals surface area contributed by atoms with Crippen LogP contribution in [0, 0.1) is 5.92 Å². The standard InChI is InChI=1S/C20H30N2O3/c1-15(2)14-18-6-4-17(5-7-18)8-9-19(24)21-10-12-22(13-11-21)20(25)16(3)23/h4-7,15-16,23H,8-14H2,1-3H3. The van der Waals surface area contributed by atoms with Gasteiger partial charge in [-0.05, 0) is 36.8 Å². The zero-order valence-corrected chi connectivity index (χ0v) is 15.6. The van der Waals surface area contributed by atoms with Crippen molar-refractivity contribution in [1.29, 1.82) is 0 Å². The number of carbonyl (C=O) groups excluding carboxylic acids is 2. The van der Waals surface area contributed by atoms with Crippen molar-refractivity contribution in [3.05, 3.63) is 35.4 Å². The third kappa shape index (κ3) is 5.85. The molecule has 1 N–H and O–H groups in total. The fraction of sp³-hybridized carbons (Fsp3) is 0.600. The van der Waals surface area contributed by atoms with Gasteiger partial charge in [-0.1, -0.05) is 38.1 Å². The van der Waals surface area contributed by atoms with Gasteiger partial charge in [-0.3, -0.25) is 9.59 Å². The van der Waals surface area contributed by atoms with Gasteiger partial charge in [0, 0.05) is 32.6 Å². The largest absolute Gasteiger partial charge is 0.384 e. The van der Waals surface area contributed by atoms with E-state index in [1.165, 1.54) is 18.1 Å². The van der Waals surface area contributed by atoms with Crippen LogP contribution >= 0.6 is 0 Å². The van der Waals surface area contributed by atoms with E-state index < -0.39 is 6.10 Å². The van der Waals surface area contributed by atoms with E-state index in [1.54, 1.807) is 4.90 Å². The van der Waals surface area contributed by atoms with Crippen LogP contribution in [0.1, 0.15) is 38.3 Å². The van der Waals surface area contributed by atoms with Gasteiger partial charge in [-0.15, -0.1) is 0 Å². The van der Waals surface area contributed by atoms with Gasteiger partial charge in [0.05, 0.1) is 0 Å². The Morgan fingerprint density at radius 1 is 0.960 bits per heavy atom. The molecule has 0 spiro atoms. The lowest BCUT2D eigenvalue weighted by molar-refractivity contribution is -0.144. The number of aryl methyl sites for hydroxylation is 1. The summed E-state index contributed by atoms with van der Waals surface area (Å²) in [4.78, 5) is 27.6. The zero-order valence-electron chi connectivity index (χ0n) is 15.6. The first-order valence-electron chi connectivity index (χ1n) is 9.19. The highest BCUT2D eigenvalue weighted by Crippen LogP contribution is 2.12. The summed E-state index contributed by atoms with van der Waals surface area (Å²) in [5.41, 5.74) is 2.52. The van der Waals surface area contributed by atoms with Gasteiger partial charge >= 0.3 is 0 Å². The smallest absolute Gasteiger partial charge is 0.251 e. The van der Waals surface area contributed by atoms with Crippen molar-refractivity contribution in [3.63, 3.8) is 0 Å². The molecule has 0 radical (unpaired) electrons. The number of aliphatic hydroxyl groups excluding tert-OH is 1. The van der Waals surface area contributed by atoms with Crippen molar-refractivity contribution < 1.29 is 14.7 Å². The van der Waals surface area contributed by atoms with Crippen LogP contribution in [0.4, 0.5) is 0 Å². The van der Waals surface area contributed by atoms with E-state index in [-0.39, 0.29) is 11.8 Å². The summed E-state index contributed by atoms with van der Waals surface area (Å²) in [6, 6.07) is 8.54. The van der Waals surface area contributed by atoms with E-state index in [2.05, 4.69) is 38.1 Å². The summed E-state index contributed by atoms with van der Waals surface area (Å²) in [6.07, 6.45) is 1.34. The normalized spacial score (nSPS) is 16.2. The van der Waals surface area contributed by atoms with Crippen molar-refractivity contribution >= 4 is 11.8 Å². The van der Waals surface area contributed by atoms with Crippen LogP contribution in [-0.2, 0) is 22.4 Å². The number of rotatable bonds is 6. The molecular weight excluding hydrogens is 316 g/mol. The number of hydrogen-bond acceptors (Lipinski definition) is 3. The summed E-state index contributed by atoms with van der Waals surface area (Å²) in [5, 5.41) is 9.35. The highest BCUT2D eigenvalue weighted by molar-refractivity contribution is 5.81. The number of benzene rings is 1. The number of amides is 2. The van der Waals surface area contributed by atoms with Crippen LogP contribution in [0.15, 0.2) is 24.3 Å². The van der Waals surface area contributed by atoms with Crippen LogP contribution in [0.3, 0.4) is 0 Å². The molecule has 2 amide bonds. The number of aliphatic hydroxyl groups is 1. The van der Waals surface area contributed by atoms with Gasteiger partial charge in [0.2, 0.25) is 5.91 Å². The van der Waals surface area contributed by atoms with Gasteiger partial charge in [0.25, 0.3) is 5.91 Å². The molecule has 1 heterocycles. The minimum Gasteiger partial charge on any atom is -0.384 e. The molecule has 1 saturated heterocycles. The Hall–Kier alpha value is -1.88. The molecule has 1 atom stereocenters. The number of nitrogens with zero attached hydrogens (tertiary/aromatic N) is 2. The number of hydrogen-bond donors (Lipinski definition) is 1. The average molecular weight is 346 g/mol. The molecule has 25 heavy (non-hydrogen) atoms. The summed E-state index contributed by atoms with van der Waals surface area (Å²) in [5.74, 6) is 0.524. The Labute approximate surface area is 150 Å². The maximum absolute atomic E-state index is 12.4.